The summed E-state index contributed by atoms with van der Waals surface area (Å²) in [6.07, 6.45) is 5.10. The molecule has 1 saturated heterocycles. The van der Waals surface area contributed by atoms with Crippen molar-refractivity contribution >= 4 is 58.1 Å². The number of halogens is 2. The van der Waals surface area contributed by atoms with Crippen molar-refractivity contribution in [1.82, 2.24) is 20.2 Å². The predicted octanol–water partition coefficient (Wildman–Crippen LogP) is 6.07. The average Bonchev–Trinajstić information content (AvgIpc) is 3.38. The Bertz CT molecular complexity index is 1230. The summed E-state index contributed by atoms with van der Waals surface area (Å²) in [4.78, 5) is 36.5. The van der Waals surface area contributed by atoms with Gasteiger partial charge in [0, 0.05) is 42.9 Å². The van der Waals surface area contributed by atoms with Crippen LogP contribution in [0.25, 0.3) is 0 Å². The summed E-state index contributed by atoms with van der Waals surface area (Å²) in [6, 6.07) is 8.94. The average molecular weight is 548 g/mol. The number of rotatable bonds is 8. The summed E-state index contributed by atoms with van der Waals surface area (Å²) in [5.41, 5.74) is 1.77. The molecule has 0 unspecified atom stereocenters. The summed E-state index contributed by atoms with van der Waals surface area (Å²) in [5.74, 6) is 0.668. The van der Waals surface area contributed by atoms with Crippen molar-refractivity contribution in [2.75, 3.05) is 18.8 Å². The molecule has 4 rings (SSSR count). The van der Waals surface area contributed by atoms with E-state index >= 15 is 0 Å². The van der Waals surface area contributed by atoms with E-state index in [1.54, 1.807) is 35.9 Å². The summed E-state index contributed by atoms with van der Waals surface area (Å²) in [5, 5.41) is 7.18. The lowest BCUT2D eigenvalue weighted by Gasteiger charge is -2.31. The Morgan fingerprint density at radius 2 is 2.03 bits per heavy atom. The Morgan fingerprint density at radius 1 is 1.23 bits per heavy atom. The highest BCUT2D eigenvalue weighted by atomic mass is 35.5. The van der Waals surface area contributed by atoms with E-state index < -0.39 is 0 Å². The Kier molecular flexibility index (Phi) is 8.83. The molecule has 0 saturated carbocycles. The van der Waals surface area contributed by atoms with Crippen molar-refractivity contribution in [3.8, 4) is 0 Å². The van der Waals surface area contributed by atoms with Crippen molar-refractivity contribution in [2.24, 2.45) is 0 Å². The summed E-state index contributed by atoms with van der Waals surface area (Å²) < 4.78 is 0. The van der Waals surface area contributed by atoms with Gasteiger partial charge in [-0.15, -0.1) is 29.7 Å². The zero-order valence-corrected chi connectivity index (χ0v) is 22.0. The molecule has 1 aromatic carbocycles. The first kappa shape index (κ1) is 25.7. The van der Waals surface area contributed by atoms with E-state index in [0.717, 1.165) is 28.4 Å². The number of amides is 2. The van der Waals surface area contributed by atoms with Crippen LogP contribution < -0.4 is 5.32 Å². The van der Waals surface area contributed by atoms with E-state index in [0.29, 0.717) is 40.1 Å². The van der Waals surface area contributed by atoms with Crippen LogP contribution in [0.15, 0.2) is 59.6 Å². The molecule has 1 aliphatic heterocycles. The van der Waals surface area contributed by atoms with Gasteiger partial charge in [-0.1, -0.05) is 41.4 Å². The molecule has 1 N–H and O–H groups in total. The molecule has 0 atom stereocenters. The first-order valence-electron chi connectivity index (χ1n) is 11.1. The molecular formula is C25H24Cl2N4O2S2. The van der Waals surface area contributed by atoms with Gasteiger partial charge < -0.3 is 10.2 Å². The molecule has 2 amide bonds. The molecule has 1 fully saturated rings. The first-order chi connectivity index (χ1) is 17.0. The molecule has 3 aromatic rings. The third-order valence-corrected chi connectivity index (χ3v) is 8.56. The van der Waals surface area contributed by atoms with Crippen LogP contribution in [0.5, 0.6) is 0 Å². The summed E-state index contributed by atoms with van der Waals surface area (Å²) in [6.45, 7) is 5.28. The van der Waals surface area contributed by atoms with Gasteiger partial charge in [0.05, 0.1) is 20.6 Å². The molecule has 10 heteroatoms. The highest BCUT2D eigenvalue weighted by Crippen LogP contribution is 2.32. The maximum absolute atomic E-state index is 13.1. The lowest BCUT2D eigenvalue weighted by Crippen LogP contribution is -2.38. The summed E-state index contributed by atoms with van der Waals surface area (Å²) >= 11 is 15.2. The number of carbonyl (C=O) groups is 2. The number of nitrogens with one attached hydrogen (secondary N) is 1. The van der Waals surface area contributed by atoms with Crippen molar-refractivity contribution in [3.63, 3.8) is 0 Å². The van der Waals surface area contributed by atoms with Crippen LogP contribution in [-0.2, 0) is 6.54 Å². The number of likely N-dealkylation sites (tertiary alicyclic amines) is 1. The second kappa shape index (κ2) is 12.0. The van der Waals surface area contributed by atoms with E-state index in [1.807, 2.05) is 17.0 Å². The smallest absolute Gasteiger partial charge is 0.271 e. The monoisotopic (exact) mass is 546 g/mol. The van der Waals surface area contributed by atoms with Gasteiger partial charge in [-0.2, -0.15) is 0 Å². The lowest BCUT2D eigenvalue weighted by atomic mass is 9.97. The van der Waals surface area contributed by atoms with Gasteiger partial charge in [-0.3, -0.25) is 9.59 Å². The van der Waals surface area contributed by atoms with Crippen molar-refractivity contribution in [2.45, 2.75) is 30.3 Å². The Morgan fingerprint density at radius 3 is 2.80 bits per heavy atom. The second-order valence-electron chi connectivity index (χ2n) is 7.99. The van der Waals surface area contributed by atoms with Crippen LogP contribution in [-0.4, -0.2) is 45.5 Å². The quantitative estimate of drug-likeness (QED) is 0.274. The number of hydrogen-bond acceptors (Lipinski definition) is 6. The normalized spacial score (nSPS) is 14.1. The van der Waals surface area contributed by atoms with Crippen molar-refractivity contribution in [1.29, 1.82) is 0 Å². The number of carbonyl (C=O) groups excluding carboxylic acids is 2. The zero-order chi connectivity index (χ0) is 24.8. The second-order valence-corrected chi connectivity index (χ2v) is 10.7. The van der Waals surface area contributed by atoms with Crippen LogP contribution >= 0.6 is 46.3 Å². The van der Waals surface area contributed by atoms with Crippen LogP contribution in [0.3, 0.4) is 0 Å². The number of benzene rings is 1. The van der Waals surface area contributed by atoms with E-state index in [2.05, 4.69) is 21.9 Å². The molecule has 3 heterocycles. The molecule has 0 spiro atoms. The zero-order valence-electron chi connectivity index (χ0n) is 18.9. The molecule has 182 valence electrons. The molecule has 1 aliphatic rings. The van der Waals surface area contributed by atoms with Gasteiger partial charge in [0.15, 0.2) is 0 Å². The predicted molar refractivity (Wildman–Crippen MR) is 143 cm³/mol. The fourth-order valence-electron chi connectivity index (χ4n) is 3.84. The largest absolute Gasteiger partial charge is 0.347 e. The number of piperidine rings is 1. The molecule has 0 bridgehead atoms. The number of aromatic nitrogens is 2. The lowest BCUT2D eigenvalue weighted by molar-refractivity contribution is 0.0708. The fourth-order valence-corrected chi connectivity index (χ4v) is 5.92. The van der Waals surface area contributed by atoms with Gasteiger partial charge in [0.1, 0.15) is 10.7 Å². The van der Waals surface area contributed by atoms with E-state index in [1.165, 1.54) is 23.1 Å². The standard InChI is InChI=1S/C25H24Cl2N4O2S2/c1-2-13-34-24-18(6-4-10-28-24)25(33)31-11-8-16(9-12-31)23-30-20(15-35-23)22(32)29-14-17-5-3-7-19(26)21(17)27/h2-7,10,15-16H,1,8-9,11-14H2,(H,29,32). The van der Waals surface area contributed by atoms with E-state index in [4.69, 9.17) is 23.2 Å². The SMILES string of the molecule is C=CCSc1ncccc1C(=O)N1CCC(c2nc(C(=O)NCc3cccc(Cl)c3Cl)cs2)CC1. The minimum atomic E-state index is -0.253. The maximum Gasteiger partial charge on any atom is 0.271 e. The van der Waals surface area contributed by atoms with E-state index in [9.17, 15) is 9.59 Å². The van der Waals surface area contributed by atoms with Crippen LogP contribution in [0.2, 0.25) is 10.0 Å². The number of thiazole rings is 1. The first-order valence-corrected chi connectivity index (χ1v) is 13.7. The number of thioether (sulfide) groups is 1. The van der Waals surface area contributed by atoms with Crippen molar-refractivity contribution < 1.29 is 9.59 Å². The maximum atomic E-state index is 13.1. The molecule has 2 aromatic heterocycles. The Balaban J connectivity index is 1.33. The van der Waals surface area contributed by atoms with Gasteiger partial charge in [-0.05, 0) is 36.6 Å². The third-order valence-electron chi connectivity index (χ3n) is 5.70. The van der Waals surface area contributed by atoms with Gasteiger partial charge >= 0.3 is 0 Å². The van der Waals surface area contributed by atoms with Crippen LogP contribution in [0, 0.1) is 0 Å². The van der Waals surface area contributed by atoms with E-state index in [-0.39, 0.29) is 24.3 Å². The molecule has 0 aliphatic carbocycles. The van der Waals surface area contributed by atoms with Crippen LogP contribution in [0.1, 0.15) is 50.2 Å². The molecule has 35 heavy (non-hydrogen) atoms. The topological polar surface area (TPSA) is 75.2 Å². The number of hydrogen-bond donors (Lipinski definition) is 1. The van der Waals surface area contributed by atoms with Crippen LogP contribution in [0.4, 0.5) is 0 Å². The third kappa shape index (κ3) is 6.25. The van der Waals surface area contributed by atoms with Gasteiger partial charge in [0.25, 0.3) is 11.8 Å². The Hall–Kier alpha value is -2.39. The minimum Gasteiger partial charge on any atom is -0.347 e. The fraction of sp³-hybridized carbons (Fsp3) is 0.280. The van der Waals surface area contributed by atoms with Gasteiger partial charge in [0.2, 0.25) is 0 Å². The number of nitrogens with zero attached hydrogens (tertiary/aromatic N) is 3. The highest BCUT2D eigenvalue weighted by molar-refractivity contribution is 7.99. The summed E-state index contributed by atoms with van der Waals surface area (Å²) in [7, 11) is 0. The Labute approximate surface area is 222 Å². The highest BCUT2D eigenvalue weighted by Gasteiger charge is 2.28. The number of pyridine rings is 1. The molecular weight excluding hydrogens is 523 g/mol. The molecule has 6 nitrogen and oxygen atoms in total. The minimum absolute atomic E-state index is 0.00185. The van der Waals surface area contributed by atoms with Gasteiger partial charge in [-0.25, -0.2) is 9.97 Å². The van der Waals surface area contributed by atoms with Crippen molar-refractivity contribution in [3.05, 3.63) is 86.4 Å². The molecule has 0 radical (unpaired) electrons.